The van der Waals surface area contributed by atoms with Gasteiger partial charge >= 0.3 is 0 Å². The zero-order valence-electron chi connectivity index (χ0n) is 12.2. The Bertz CT molecular complexity index is 587. The number of hydrogen-bond donors (Lipinski definition) is 0. The van der Waals surface area contributed by atoms with Crippen LogP contribution in [0.2, 0.25) is 0 Å². The quantitative estimate of drug-likeness (QED) is 0.459. The lowest BCUT2D eigenvalue weighted by Crippen LogP contribution is -2.50. The van der Waals surface area contributed by atoms with Crippen molar-refractivity contribution in [3.63, 3.8) is 0 Å². The number of ether oxygens (including phenoxy) is 1. The molecule has 1 aromatic heterocycles. The summed E-state index contributed by atoms with van der Waals surface area (Å²) >= 11 is 3.33. The van der Waals surface area contributed by atoms with Crippen molar-refractivity contribution >= 4 is 21.8 Å². The third kappa shape index (κ3) is 3.04. The van der Waals surface area contributed by atoms with Gasteiger partial charge in [0, 0.05) is 32.0 Å². The van der Waals surface area contributed by atoms with Crippen molar-refractivity contribution in [2.24, 2.45) is 18.1 Å². The summed E-state index contributed by atoms with van der Waals surface area (Å²) in [5.41, 5.74) is 8.63. The molecule has 114 valence electrons. The van der Waals surface area contributed by atoms with E-state index in [0.29, 0.717) is 17.4 Å². The van der Waals surface area contributed by atoms with Crippen LogP contribution < -0.4 is 0 Å². The van der Waals surface area contributed by atoms with Crippen LogP contribution in [0.5, 0.6) is 0 Å². The van der Waals surface area contributed by atoms with E-state index < -0.39 is 5.60 Å². The summed E-state index contributed by atoms with van der Waals surface area (Å²) in [4.78, 5) is 16.3. The summed E-state index contributed by atoms with van der Waals surface area (Å²) in [6, 6.07) is 1.87. The number of aryl methyl sites for hydroxylation is 1. The van der Waals surface area contributed by atoms with E-state index in [-0.39, 0.29) is 18.6 Å². The second kappa shape index (κ2) is 6.05. The lowest BCUT2D eigenvalue weighted by molar-refractivity contribution is -0.165. The molecule has 0 unspecified atom stereocenters. The fourth-order valence-electron chi connectivity index (χ4n) is 2.71. The van der Waals surface area contributed by atoms with E-state index in [1.54, 1.807) is 23.7 Å². The van der Waals surface area contributed by atoms with Crippen molar-refractivity contribution in [2.75, 3.05) is 20.8 Å². The molecule has 0 saturated heterocycles. The molecule has 9 heteroatoms. The Morgan fingerprint density at radius 2 is 2.38 bits per heavy atom. The number of aromatic nitrogens is 2. The highest BCUT2D eigenvalue weighted by Gasteiger charge is 2.51. The predicted octanol–water partition coefficient (Wildman–Crippen LogP) is 2.16. The summed E-state index contributed by atoms with van der Waals surface area (Å²) in [6.45, 7) is -0.0673. The highest BCUT2D eigenvalue weighted by atomic mass is 79.9. The van der Waals surface area contributed by atoms with E-state index in [9.17, 15) is 4.79 Å². The third-order valence-electron chi connectivity index (χ3n) is 3.72. The van der Waals surface area contributed by atoms with Crippen molar-refractivity contribution in [3.05, 3.63) is 26.8 Å². The molecule has 2 rings (SSSR count). The van der Waals surface area contributed by atoms with Crippen LogP contribution in [0.1, 0.15) is 18.5 Å². The summed E-state index contributed by atoms with van der Waals surface area (Å²) in [5.74, 6) is -0.000940. The monoisotopic (exact) mass is 356 g/mol. The number of amides is 1. The van der Waals surface area contributed by atoms with E-state index in [0.717, 1.165) is 5.69 Å². The van der Waals surface area contributed by atoms with Crippen LogP contribution in [-0.4, -0.2) is 41.4 Å². The fourth-order valence-corrected chi connectivity index (χ4v) is 3.17. The van der Waals surface area contributed by atoms with Gasteiger partial charge in [0.25, 0.3) is 0 Å². The van der Waals surface area contributed by atoms with Gasteiger partial charge in [0.2, 0.25) is 5.91 Å². The van der Waals surface area contributed by atoms with Crippen molar-refractivity contribution in [1.82, 2.24) is 14.7 Å². The molecular weight excluding hydrogens is 340 g/mol. The Kier molecular flexibility index (Phi) is 4.55. The molecule has 0 atom stereocenters. The molecule has 0 spiro atoms. The summed E-state index contributed by atoms with van der Waals surface area (Å²) in [6.07, 6.45) is 1.11. The minimum Gasteiger partial charge on any atom is -0.363 e. The van der Waals surface area contributed by atoms with Gasteiger partial charge in [0.1, 0.15) is 16.9 Å². The molecule has 0 bridgehead atoms. The van der Waals surface area contributed by atoms with Crippen LogP contribution in [-0.2, 0) is 22.2 Å². The molecule has 0 radical (unpaired) electrons. The summed E-state index contributed by atoms with van der Waals surface area (Å²) < 4.78 is 8.20. The SMILES string of the molecule is CN(C)C(=O)C1CC(OCN=[N+]=[N-])(c2cc(Br)nn2C)C1. The molecule has 1 aliphatic carbocycles. The van der Waals surface area contributed by atoms with Crippen LogP contribution in [0.3, 0.4) is 0 Å². The van der Waals surface area contributed by atoms with E-state index in [4.69, 9.17) is 10.3 Å². The lowest BCUT2D eigenvalue weighted by Gasteiger charge is -2.46. The molecule has 1 aromatic rings. The van der Waals surface area contributed by atoms with Gasteiger partial charge in [-0.15, -0.1) is 0 Å². The number of nitrogens with zero attached hydrogens (tertiary/aromatic N) is 6. The van der Waals surface area contributed by atoms with Gasteiger partial charge in [-0.25, -0.2) is 0 Å². The maximum atomic E-state index is 12.0. The Morgan fingerprint density at radius 1 is 1.71 bits per heavy atom. The predicted molar refractivity (Wildman–Crippen MR) is 79.1 cm³/mol. The van der Waals surface area contributed by atoms with Crippen LogP contribution in [0, 0.1) is 5.92 Å². The first-order valence-corrected chi connectivity index (χ1v) is 7.25. The van der Waals surface area contributed by atoms with E-state index >= 15 is 0 Å². The maximum Gasteiger partial charge on any atom is 0.225 e. The van der Waals surface area contributed by atoms with Crippen molar-refractivity contribution < 1.29 is 9.53 Å². The topological polar surface area (TPSA) is 96.1 Å². The number of azide groups is 1. The number of rotatable bonds is 5. The van der Waals surface area contributed by atoms with E-state index in [2.05, 4.69) is 31.1 Å². The molecule has 1 amide bonds. The number of hydrogen-bond acceptors (Lipinski definition) is 4. The summed E-state index contributed by atoms with van der Waals surface area (Å²) in [5, 5.41) is 7.67. The van der Waals surface area contributed by atoms with Gasteiger partial charge in [0.15, 0.2) is 0 Å². The molecule has 1 heterocycles. The zero-order chi connectivity index (χ0) is 15.6. The molecule has 1 saturated carbocycles. The van der Waals surface area contributed by atoms with E-state index in [1.165, 1.54) is 0 Å². The molecule has 1 fully saturated rings. The van der Waals surface area contributed by atoms with Crippen LogP contribution in [0.25, 0.3) is 10.4 Å². The first kappa shape index (κ1) is 15.8. The van der Waals surface area contributed by atoms with Gasteiger partial charge in [-0.05, 0) is 40.4 Å². The molecule has 1 aliphatic rings. The Labute approximate surface area is 130 Å². The van der Waals surface area contributed by atoms with Gasteiger partial charge < -0.3 is 9.64 Å². The standard InChI is InChI=1S/C12H17BrN6O2/c1-18(2)11(20)8-5-12(6-8,21-7-15-17-14)9-4-10(13)16-19(9)3/h4,8H,5-7H2,1-3H3. The Hall–Kier alpha value is -1.57. The number of carbonyl (C=O) groups excluding carboxylic acids is 1. The normalized spacial score (nSPS) is 24.1. The minimum atomic E-state index is -0.627. The first-order valence-electron chi connectivity index (χ1n) is 6.45. The summed E-state index contributed by atoms with van der Waals surface area (Å²) in [7, 11) is 5.30. The smallest absolute Gasteiger partial charge is 0.225 e. The van der Waals surface area contributed by atoms with Crippen LogP contribution in [0.4, 0.5) is 0 Å². The average Bonchev–Trinajstić information content (AvgIpc) is 2.71. The second-order valence-corrected chi connectivity index (χ2v) is 6.12. The number of carbonyl (C=O) groups is 1. The largest absolute Gasteiger partial charge is 0.363 e. The van der Waals surface area contributed by atoms with Gasteiger partial charge in [0.05, 0.1) is 5.69 Å². The van der Waals surface area contributed by atoms with Gasteiger partial charge in [-0.2, -0.15) is 5.10 Å². The van der Waals surface area contributed by atoms with Crippen LogP contribution in [0.15, 0.2) is 15.8 Å². The van der Waals surface area contributed by atoms with Crippen molar-refractivity contribution in [1.29, 1.82) is 0 Å². The van der Waals surface area contributed by atoms with Crippen LogP contribution >= 0.6 is 15.9 Å². The molecule has 21 heavy (non-hydrogen) atoms. The Balaban J connectivity index is 2.21. The minimum absolute atomic E-state index is 0.0673. The Morgan fingerprint density at radius 3 is 2.86 bits per heavy atom. The molecule has 0 N–H and O–H groups in total. The first-order chi connectivity index (χ1) is 9.89. The van der Waals surface area contributed by atoms with E-state index in [1.807, 2.05) is 13.1 Å². The van der Waals surface area contributed by atoms with Gasteiger partial charge in [-0.1, -0.05) is 5.11 Å². The average molecular weight is 357 g/mol. The highest BCUT2D eigenvalue weighted by Crippen LogP contribution is 2.49. The molecule has 0 aromatic carbocycles. The van der Waals surface area contributed by atoms with Crippen molar-refractivity contribution in [2.45, 2.75) is 18.4 Å². The fraction of sp³-hybridized carbons (Fsp3) is 0.667. The molecule has 8 nitrogen and oxygen atoms in total. The van der Waals surface area contributed by atoms with Gasteiger partial charge in [-0.3, -0.25) is 9.48 Å². The zero-order valence-corrected chi connectivity index (χ0v) is 13.7. The molecule has 0 aliphatic heterocycles. The lowest BCUT2D eigenvalue weighted by atomic mass is 9.68. The molecular formula is C12H17BrN6O2. The third-order valence-corrected chi connectivity index (χ3v) is 4.11. The highest BCUT2D eigenvalue weighted by molar-refractivity contribution is 9.10. The van der Waals surface area contributed by atoms with Crippen molar-refractivity contribution in [3.8, 4) is 0 Å². The maximum absolute atomic E-state index is 12.0. The number of halogens is 1. The second-order valence-electron chi connectivity index (χ2n) is 5.31.